The number of hydrogen-bond donors (Lipinski definition) is 6. The van der Waals surface area contributed by atoms with E-state index in [0.717, 1.165) is 22.9 Å². The number of urea groups is 1. The minimum absolute atomic E-state index is 0.0736. The third-order valence-corrected chi connectivity index (χ3v) is 10.7. The number of nitrogens with one attached hydrogen (secondary N) is 5. The van der Waals surface area contributed by atoms with Crippen LogP contribution in [0.4, 0.5) is 15.3 Å². The molecule has 5 atom stereocenters. The molecule has 0 unspecified atom stereocenters. The Hall–Kier alpha value is -4.00. The maximum absolute atomic E-state index is 14.1. The smallest absolute Gasteiger partial charge is 0.407 e. The molecule has 3 fully saturated rings. The summed E-state index contributed by atoms with van der Waals surface area (Å²) in [5.74, 6) is -0.409. The van der Waals surface area contributed by atoms with Crippen LogP contribution in [0.15, 0.2) is 59.5 Å². The highest BCUT2D eigenvalue weighted by Gasteiger charge is 2.44. The maximum atomic E-state index is 14.1. The first-order chi connectivity index (χ1) is 24.6. The summed E-state index contributed by atoms with van der Waals surface area (Å²) in [7, 11) is -2.85. The van der Waals surface area contributed by atoms with E-state index in [0.29, 0.717) is 31.6 Å². The van der Waals surface area contributed by atoms with Gasteiger partial charge in [0.25, 0.3) is 10.0 Å². The zero-order valence-corrected chi connectivity index (χ0v) is 29.4. The van der Waals surface area contributed by atoms with Crippen LogP contribution in [-0.4, -0.2) is 113 Å². The van der Waals surface area contributed by atoms with Crippen LogP contribution in [0, 0.1) is 5.92 Å². The van der Waals surface area contributed by atoms with Crippen LogP contribution in [-0.2, 0) is 40.3 Å². The van der Waals surface area contributed by atoms with Crippen LogP contribution in [0.5, 0.6) is 0 Å². The summed E-state index contributed by atoms with van der Waals surface area (Å²) in [4.78, 5) is 42.4. The van der Waals surface area contributed by atoms with Crippen molar-refractivity contribution in [3.63, 3.8) is 0 Å². The number of fused-ring (bicyclic) bond motifs is 1. The minimum Gasteiger partial charge on any atom is -0.443 e. The fourth-order valence-electron chi connectivity index (χ4n) is 6.24. The summed E-state index contributed by atoms with van der Waals surface area (Å²) in [5, 5.41) is 24.9. The van der Waals surface area contributed by atoms with Crippen molar-refractivity contribution in [1.29, 1.82) is 0 Å². The molecule has 1 aliphatic carbocycles. The van der Waals surface area contributed by atoms with E-state index in [2.05, 4.69) is 26.6 Å². The predicted octanol–water partition coefficient (Wildman–Crippen LogP) is 1.47. The molecule has 2 heterocycles. The third kappa shape index (κ3) is 11.0. The molecular weight excluding hydrogens is 684 g/mol. The number of anilines is 1. The Bertz CT molecular complexity index is 1560. The molecule has 17 heteroatoms. The number of aliphatic hydroxyl groups is 1. The molecule has 2 aromatic rings. The first-order valence-corrected chi connectivity index (χ1v) is 18.7. The van der Waals surface area contributed by atoms with Crippen molar-refractivity contribution in [2.24, 2.45) is 5.92 Å². The number of alkyl carbamates (subject to hydrolysis) is 1. The van der Waals surface area contributed by atoms with Crippen LogP contribution < -0.4 is 26.6 Å². The van der Waals surface area contributed by atoms with Crippen LogP contribution in [0.2, 0.25) is 0 Å². The van der Waals surface area contributed by atoms with Gasteiger partial charge in [-0.1, -0.05) is 53.7 Å². The van der Waals surface area contributed by atoms with Gasteiger partial charge in [-0.15, -0.1) is 0 Å². The fraction of sp³-hybridized carbons (Fsp3) is 0.559. The molecule has 4 amide bonds. The number of amides is 4. The van der Waals surface area contributed by atoms with Gasteiger partial charge >= 0.3 is 12.1 Å². The molecule has 5 rings (SSSR count). The second-order valence-electron chi connectivity index (χ2n) is 12.7. The Morgan fingerprint density at radius 1 is 1.00 bits per heavy atom. The highest BCUT2D eigenvalue weighted by Crippen LogP contribution is 2.33. The van der Waals surface area contributed by atoms with E-state index in [1.165, 1.54) is 19.2 Å². The van der Waals surface area contributed by atoms with Crippen LogP contribution >= 0.6 is 0 Å². The van der Waals surface area contributed by atoms with Gasteiger partial charge in [-0.3, -0.25) is 9.63 Å². The van der Waals surface area contributed by atoms with Gasteiger partial charge in [0.2, 0.25) is 5.91 Å². The first kappa shape index (κ1) is 38.2. The molecule has 16 nitrogen and oxygen atoms in total. The van der Waals surface area contributed by atoms with Crippen molar-refractivity contribution in [3.8, 4) is 0 Å². The lowest BCUT2D eigenvalue weighted by molar-refractivity contribution is -0.145. The SMILES string of the molecule is CNC(=O)CNC(=O)NCCNc1cccc(S(=O)(=O)N(C[C@@H](O)[C@H](Cc2ccccc2)NC(=O)O[C@@H]2CO[C@@H]3OCC[C@@H]32)OC2CCCC2)c1. The molecular formula is C34H48N6O10S. The van der Waals surface area contributed by atoms with Gasteiger partial charge in [0.05, 0.1) is 55.4 Å². The highest BCUT2D eigenvalue weighted by molar-refractivity contribution is 7.89. The van der Waals surface area contributed by atoms with E-state index in [1.807, 2.05) is 30.3 Å². The van der Waals surface area contributed by atoms with Crippen molar-refractivity contribution >= 4 is 33.7 Å². The second kappa shape index (κ2) is 18.5. The van der Waals surface area contributed by atoms with Crippen molar-refractivity contribution in [2.45, 2.75) is 74.1 Å². The molecule has 51 heavy (non-hydrogen) atoms. The summed E-state index contributed by atoms with van der Waals surface area (Å²) in [6.45, 7) is 0.559. The van der Waals surface area contributed by atoms with E-state index in [4.69, 9.17) is 19.0 Å². The number of sulfonamides is 1. The van der Waals surface area contributed by atoms with Crippen molar-refractivity contribution in [3.05, 3.63) is 60.2 Å². The Balaban J connectivity index is 1.26. The number of aliphatic hydroxyl groups excluding tert-OH is 1. The number of ether oxygens (including phenoxy) is 3. The van der Waals surface area contributed by atoms with Crippen LogP contribution in [0.1, 0.15) is 37.7 Å². The molecule has 2 aromatic carbocycles. The van der Waals surface area contributed by atoms with E-state index in [-0.39, 0.29) is 55.5 Å². The number of nitrogens with zero attached hydrogens (tertiary/aromatic N) is 1. The summed E-state index contributed by atoms with van der Waals surface area (Å²) < 4.78 is 46.0. The summed E-state index contributed by atoms with van der Waals surface area (Å²) in [6.07, 6.45) is 0.607. The lowest BCUT2D eigenvalue weighted by Crippen LogP contribution is -2.51. The number of hydrogen-bond acceptors (Lipinski definition) is 11. The summed E-state index contributed by atoms with van der Waals surface area (Å²) in [5.41, 5.74) is 1.29. The summed E-state index contributed by atoms with van der Waals surface area (Å²) >= 11 is 0. The molecule has 2 saturated heterocycles. The Morgan fingerprint density at radius 3 is 2.55 bits per heavy atom. The number of benzene rings is 2. The second-order valence-corrected chi connectivity index (χ2v) is 14.5. The molecule has 0 spiro atoms. The molecule has 0 radical (unpaired) electrons. The molecule has 2 aliphatic heterocycles. The van der Waals surface area contributed by atoms with Gasteiger partial charge < -0.3 is 45.9 Å². The third-order valence-electron chi connectivity index (χ3n) is 9.04. The lowest BCUT2D eigenvalue weighted by atomic mass is 10.0. The largest absolute Gasteiger partial charge is 0.443 e. The number of likely N-dealkylation sites (N-methyl/N-ethyl adjacent to an activating group) is 1. The zero-order valence-electron chi connectivity index (χ0n) is 28.6. The van der Waals surface area contributed by atoms with Crippen molar-refractivity contribution in [1.82, 2.24) is 25.7 Å². The van der Waals surface area contributed by atoms with E-state index in [9.17, 15) is 27.9 Å². The number of hydroxylamine groups is 1. The Kier molecular flexibility index (Phi) is 13.9. The van der Waals surface area contributed by atoms with Crippen LogP contribution in [0.3, 0.4) is 0 Å². The average Bonchev–Trinajstić information content (AvgIpc) is 3.90. The maximum Gasteiger partial charge on any atom is 0.407 e. The quantitative estimate of drug-likeness (QED) is 0.102. The molecule has 0 aromatic heterocycles. The van der Waals surface area contributed by atoms with Crippen molar-refractivity contribution in [2.75, 3.05) is 51.8 Å². The van der Waals surface area contributed by atoms with Gasteiger partial charge in [-0.05, 0) is 49.4 Å². The molecule has 0 bridgehead atoms. The van der Waals surface area contributed by atoms with Gasteiger partial charge in [0.15, 0.2) is 6.29 Å². The molecule has 6 N–H and O–H groups in total. The lowest BCUT2D eigenvalue weighted by Gasteiger charge is -2.31. The van der Waals surface area contributed by atoms with E-state index < -0.39 is 53.2 Å². The van der Waals surface area contributed by atoms with Gasteiger partial charge in [-0.2, -0.15) is 0 Å². The predicted molar refractivity (Wildman–Crippen MR) is 185 cm³/mol. The van der Waals surface area contributed by atoms with Gasteiger partial charge in [0.1, 0.15) is 6.10 Å². The summed E-state index contributed by atoms with van der Waals surface area (Å²) in [6, 6.07) is 13.9. The number of carbonyl (C=O) groups excluding carboxylic acids is 3. The van der Waals surface area contributed by atoms with Gasteiger partial charge in [0, 0.05) is 25.8 Å². The molecule has 280 valence electrons. The molecule has 1 saturated carbocycles. The topological polar surface area (TPSA) is 206 Å². The number of carbonyl (C=O) groups is 3. The zero-order chi connectivity index (χ0) is 36.2. The highest BCUT2D eigenvalue weighted by atomic mass is 32.2. The standard InChI is InChI=1S/C34H48N6O10S/c1-35-31(42)20-38-33(43)37-16-15-36-24-10-7-13-26(19-24)51(45,46)40(50-25-11-5-6-12-25)21-29(41)28(18-23-8-3-2-4-9-23)39-34(44)49-30-22-48-32-27(30)14-17-47-32/h2-4,7-10,13,19,25,27-30,32,36,41H,5-6,11-12,14-18,20-22H2,1H3,(H,35,42)(H,39,44)(H2,37,38,43)/t27-,28+,29-,30-,32+/m1/s1. The van der Waals surface area contributed by atoms with Crippen molar-refractivity contribution < 1.29 is 47.0 Å². The Labute approximate surface area is 297 Å². The monoisotopic (exact) mass is 732 g/mol. The normalized spacial score (nSPS) is 21.4. The Morgan fingerprint density at radius 2 is 1.78 bits per heavy atom. The van der Waals surface area contributed by atoms with Gasteiger partial charge in [-0.25, -0.2) is 18.0 Å². The minimum atomic E-state index is -4.31. The van der Waals surface area contributed by atoms with E-state index >= 15 is 0 Å². The first-order valence-electron chi connectivity index (χ1n) is 17.3. The van der Waals surface area contributed by atoms with E-state index in [1.54, 1.807) is 12.1 Å². The van der Waals surface area contributed by atoms with Crippen LogP contribution in [0.25, 0.3) is 0 Å². The fourth-order valence-corrected chi connectivity index (χ4v) is 7.58. The average molecular weight is 733 g/mol. The number of rotatable bonds is 17. The molecule has 3 aliphatic rings.